The van der Waals surface area contributed by atoms with E-state index in [1.165, 1.54) is 0 Å². The second kappa shape index (κ2) is 8.38. The molecule has 1 unspecified atom stereocenters. The van der Waals surface area contributed by atoms with Crippen LogP contribution in [0.15, 0.2) is 48.5 Å². The molecule has 24 heavy (non-hydrogen) atoms. The summed E-state index contributed by atoms with van der Waals surface area (Å²) in [6, 6.07) is 15.0. The van der Waals surface area contributed by atoms with Crippen molar-refractivity contribution in [3.05, 3.63) is 64.7 Å². The number of carbonyl (C=O) groups is 1. The third-order valence-electron chi connectivity index (χ3n) is 4.08. The summed E-state index contributed by atoms with van der Waals surface area (Å²) in [7, 11) is 1.58. The molecule has 1 aliphatic heterocycles. The fourth-order valence-electron chi connectivity index (χ4n) is 2.94. The van der Waals surface area contributed by atoms with E-state index in [2.05, 4.69) is 5.32 Å². The van der Waals surface area contributed by atoms with Crippen LogP contribution in [0.2, 0.25) is 5.02 Å². The molecule has 4 nitrogen and oxygen atoms in total. The lowest BCUT2D eigenvalue weighted by atomic mass is 10.0. The van der Waals surface area contributed by atoms with Crippen LogP contribution in [-0.2, 0) is 0 Å². The molecule has 0 bridgehead atoms. The molecule has 0 radical (unpaired) electrons. The van der Waals surface area contributed by atoms with E-state index >= 15 is 0 Å². The third kappa shape index (κ3) is 3.83. The Labute approximate surface area is 153 Å². The minimum absolute atomic E-state index is 0. The van der Waals surface area contributed by atoms with Gasteiger partial charge in [-0.05, 0) is 29.8 Å². The average molecular weight is 367 g/mol. The Kier molecular flexibility index (Phi) is 6.49. The summed E-state index contributed by atoms with van der Waals surface area (Å²) >= 11 is 6.11. The Morgan fingerprint density at radius 3 is 2.79 bits per heavy atom. The topological polar surface area (TPSA) is 41.6 Å². The lowest BCUT2D eigenvalue weighted by Crippen LogP contribution is -2.48. The summed E-state index contributed by atoms with van der Waals surface area (Å²) in [4.78, 5) is 14.9. The average Bonchev–Trinajstić information content (AvgIpc) is 2.61. The van der Waals surface area contributed by atoms with Gasteiger partial charge in [-0.2, -0.15) is 0 Å². The van der Waals surface area contributed by atoms with E-state index in [1.807, 2.05) is 47.4 Å². The molecule has 128 valence electrons. The van der Waals surface area contributed by atoms with Crippen LogP contribution in [-0.4, -0.2) is 37.6 Å². The Morgan fingerprint density at radius 1 is 1.25 bits per heavy atom. The Morgan fingerprint density at radius 2 is 2.04 bits per heavy atom. The maximum absolute atomic E-state index is 13.0. The number of carbonyl (C=O) groups excluding carboxylic acids is 1. The molecule has 0 spiro atoms. The predicted octanol–water partition coefficient (Wildman–Crippen LogP) is 3.56. The maximum Gasteiger partial charge on any atom is 0.258 e. The van der Waals surface area contributed by atoms with Crippen molar-refractivity contribution in [1.29, 1.82) is 0 Å². The monoisotopic (exact) mass is 366 g/mol. The van der Waals surface area contributed by atoms with Crippen LogP contribution in [0.1, 0.15) is 22.0 Å². The molecule has 2 aromatic rings. The van der Waals surface area contributed by atoms with Crippen LogP contribution in [0.25, 0.3) is 0 Å². The van der Waals surface area contributed by atoms with Crippen molar-refractivity contribution >= 4 is 29.9 Å². The molecular weight excluding hydrogens is 347 g/mol. The number of nitrogens with one attached hydrogen (secondary N) is 1. The molecule has 1 amide bonds. The molecule has 0 aromatic heterocycles. The summed E-state index contributed by atoms with van der Waals surface area (Å²) in [5.41, 5.74) is 1.62. The first kappa shape index (κ1) is 18.6. The second-order valence-corrected chi connectivity index (χ2v) is 5.91. The zero-order valence-electron chi connectivity index (χ0n) is 13.4. The standard InChI is InChI=1S/C18H19ClN2O2.ClH/c1-23-17-8-3-2-7-15(17)18(22)21-10-9-20-12-16(21)13-5-4-6-14(19)11-13;/h2-8,11,16,20H,9-10,12H2,1H3;1H. The molecule has 0 aliphatic carbocycles. The van der Waals surface area contributed by atoms with Crippen LogP contribution in [0.3, 0.4) is 0 Å². The van der Waals surface area contributed by atoms with E-state index < -0.39 is 0 Å². The van der Waals surface area contributed by atoms with Crippen LogP contribution in [0, 0.1) is 0 Å². The quantitative estimate of drug-likeness (QED) is 0.902. The number of hydrogen-bond acceptors (Lipinski definition) is 3. The first-order chi connectivity index (χ1) is 11.2. The molecule has 1 saturated heterocycles. The van der Waals surface area contributed by atoms with Gasteiger partial charge in [0.05, 0.1) is 18.7 Å². The molecule has 1 fully saturated rings. The Bertz CT molecular complexity index is 709. The highest BCUT2D eigenvalue weighted by molar-refractivity contribution is 6.30. The zero-order valence-corrected chi connectivity index (χ0v) is 14.9. The van der Waals surface area contributed by atoms with Crippen molar-refractivity contribution in [3.63, 3.8) is 0 Å². The fraction of sp³-hybridized carbons (Fsp3) is 0.278. The van der Waals surface area contributed by atoms with Crippen LogP contribution >= 0.6 is 24.0 Å². The number of halogens is 2. The molecule has 0 saturated carbocycles. The highest BCUT2D eigenvalue weighted by atomic mass is 35.5. The van der Waals surface area contributed by atoms with Crippen LogP contribution in [0.4, 0.5) is 0 Å². The molecule has 1 heterocycles. The minimum Gasteiger partial charge on any atom is -0.496 e. The molecule has 3 rings (SSSR count). The highest BCUT2D eigenvalue weighted by Crippen LogP contribution is 2.28. The van der Waals surface area contributed by atoms with Gasteiger partial charge in [0.2, 0.25) is 0 Å². The van der Waals surface area contributed by atoms with Gasteiger partial charge in [0.25, 0.3) is 5.91 Å². The number of hydrogen-bond donors (Lipinski definition) is 1. The van der Waals surface area contributed by atoms with E-state index in [0.717, 1.165) is 12.1 Å². The van der Waals surface area contributed by atoms with Gasteiger partial charge in [0.15, 0.2) is 0 Å². The van der Waals surface area contributed by atoms with Crippen LogP contribution in [0.5, 0.6) is 5.75 Å². The van der Waals surface area contributed by atoms with E-state index in [4.69, 9.17) is 16.3 Å². The second-order valence-electron chi connectivity index (χ2n) is 5.47. The SMILES string of the molecule is COc1ccccc1C(=O)N1CCNCC1c1cccc(Cl)c1.Cl. The third-order valence-corrected chi connectivity index (χ3v) is 4.31. The van der Waals surface area contributed by atoms with Gasteiger partial charge in [-0.15, -0.1) is 12.4 Å². The van der Waals surface area contributed by atoms with E-state index in [9.17, 15) is 4.79 Å². The van der Waals surface area contributed by atoms with Crippen molar-refractivity contribution in [2.75, 3.05) is 26.7 Å². The summed E-state index contributed by atoms with van der Waals surface area (Å²) < 4.78 is 5.33. The highest BCUT2D eigenvalue weighted by Gasteiger charge is 2.30. The summed E-state index contributed by atoms with van der Waals surface area (Å²) in [5, 5.41) is 4.03. The van der Waals surface area contributed by atoms with Crippen molar-refractivity contribution < 1.29 is 9.53 Å². The van der Waals surface area contributed by atoms with Gasteiger partial charge in [-0.3, -0.25) is 4.79 Å². The normalized spacial score (nSPS) is 17.1. The largest absolute Gasteiger partial charge is 0.496 e. The molecule has 1 aliphatic rings. The summed E-state index contributed by atoms with van der Waals surface area (Å²) in [6.45, 7) is 2.13. The number of para-hydroxylation sites is 1. The van der Waals surface area contributed by atoms with Gasteiger partial charge in [0.1, 0.15) is 5.75 Å². The minimum atomic E-state index is -0.0418. The zero-order chi connectivity index (χ0) is 16.2. The van der Waals surface area contributed by atoms with Crippen molar-refractivity contribution in [1.82, 2.24) is 10.2 Å². The predicted molar refractivity (Wildman–Crippen MR) is 98.3 cm³/mol. The van der Waals surface area contributed by atoms with E-state index in [-0.39, 0.29) is 24.4 Å². The lowest BCUT2D eigenvalue weighted by Gasteiger charge is -2.37. The maximum atomic E-state index is 13.0. The van der Waals surface area contributed by atoms with E-state index in [1.54, 1.807) is 13.2 Å². The first-order valence-electron chi connectivity index (χ1n) is 7.61. The molecule has 1 atom stereocenters. The number of piperazine rings is 1. The lowest BCUT2D eigenvalue weighted by molar-refractivity contribution is 0.0631. The summed E-state index contributed by atoms with van der Waals surface area (Å²) in [6.07, 6.45) is 0. The van der Waals surface area contributed by atoms with Gasteiger partial charge in [-0.25, -0.2) is 0 Å². The Hall–Kier alpha value is -1.75. The number of rotatable bonds is 3. The number of benzene rings is 2. The first-order valence-corrected chi connectivity index (χ1v) is 7.98. The van der Waals surface area contributed by atoms with Crippen molar-refractivity contribution in [2.45, 2.75) is 6.04 Å². The van der Waals surface area contributed by atoms with Gasteiger partial charge in [0, 0.05) is 24.7 Å². The molecule has 2 aromatic carbocycles. The van der Waals surface area contributed by atoms with E-state index in [0.29, 0.717) is 29.4 Å². The Balaban J connectivity index is 0.00000208. The van der Waals surface area contributed by atoms with Crippen molar-refractivity contribution in [3.8, 4) is 5.75 Å². The smallest absolute Gasteiger partial charge is 0.258 e. The number of methoxy groups -OCH3 is 1. The van der Waals surface area contributed by atoms with Gasteiger partial charge >= 0.3 is 0 Å². The van der Waals surface area contributed by atoms with Crippen molar-refractivity contribution in [2.24, 2.45) is 0 Å². The van der Waals surface area contributed by atoms with Crippen LogP contribution < -0.4 is 10.1 Å². The fourth-order valence-corrected chi connectivity index (χ4v) is 3.13. The number of amides is 1. The summed E-state index contributed by atoms with van der Waals surface area (Å²) in [5.74, 6) is 0.579. The number of nitrogens with zero attached hydrogens (tertiary/aromatic N) is 1. The van der Waals surface area contributed by atoms with Gasteiger partial charge in [-0.1, -0.05) is 35.9 Å². The number of ether oxygens (including phenoxy) is 1. The molecule has 6 heteroatoms. The molecule has 1 N–H and O–H groups in total. The molecular formula is C18H20Cl2N2O2. The van der Waals surface area contributed by atoms with Gasteiger partial charge < -0.3 is 15.0 Å².